The molecule has 0 saturated heterocycles. The van der Waals surface area contributed by atoms with Crippen LogP contribution >= 0.6 is 24.2 Å². The zero-order valence-corrected chi connectivity index (χ0v) is 17.8. The van der Waals surface area contributed by atoms with Crippen LogP contribution in [0.25, 0.3) is 0 Å². The molecule has 174 valence electrons. The molecule has 0 aliphatic rings. The van der Waals surface area contributed by atoms with Crippen molar-refractivity contribution in [2.24, 2.45) is 0 Å². The largest absolute Gasteiger partial charge is 0.416 e. The molecule has 33 heavy (non-hydrogen) atoms. The molecule has 3 aromatic carbocycles. The first-order valence-corrected chi connectivity index (χ1v) is 9.58. The van der Waals surface area contributed by atoms with Gasteiger partial charge in [0.15, 0.2) is 0 Å². The van der Waals surface area contributed by atoms with Gasteiger partial charge in [-0.2, -0.15) is 13.2 Å². The summed E-state index contributed by atoms with van der Waals surface area (Å²) >= 11 is 9.26. The summed E-state index contributed by atoms with van der Waals surface area (Å²) in [6.07, 6.45) is -4.30. The normalized spacial score (nSPS) is 10.7. The quantitative estimate of drug-likeness (QED) is 0.267. The first-order chi connectivity index (χ1) is 15.4. The topological polar surface area (TPSA) is 58.2 Å². The van der Waals surface area contributed by atoms with Crippen molar-refractivity contribution < 1.29 is 35.9 Å². The van der Waals surface area contributed by atoms with Gasteiger partial charge in [-0.15, -0.1) is 12.6 Å². The lowest BCUT2D eigenvalue weighted by atomic mass is 10.2. The van der Waals surface area contributed by atoms with Crippen molar-refractivity contribution in [2.75, 3.05) is 5.32 Å². The Hall–Kier alpha value is -3.18. The summed E-state index contributed by atoms with van der Waals surface area (Å²) in [6.45, 7) is 0. The molecule has 3 rings (SSSR count). The number of carbonyl (C=O) groups excluding carboxylic acids is 2. The van der Waals surface area contributed by atoms with Crippen LogP contribution in [0.15, 0.2) is 65.6 Å². The van der Waals surface area contributed by atoms with E-state index < -0.39 is 46.7 Å². The van der Waals surface area contributed by atoms with Crippen molar-refractivity contribution in [3.63, 3.8) is 0 Å². The molecule has 0 unspecified atom stereocenters. The van der Waals surface area contributed by atoms with E-state index in [9.17, 15) is 35.9 Å². The molecule has 0 aliphatic carbocycles. The second kappa shape index (κ2) is 11.1. The number of anilines is 1. The molecule has 4 nitrogen and oxygen atoms in total. The number of hydrogen-bond donors (Lipinski definition) is 3. The summed E-state index contributed by atoms with van der Waals surface area (Å²) in [7, 11) is 0. The van der Waals surface area contributed by atoms with E-state index in [0.29, 0.717) is 4.90 Å². The second-order valence-electron chi connectivity index (χ2n) is 6.18. The van der Waals surface area contributed by atoms with Crippen molar-refractivity contribution in [3.8, 4) is 0 Å². The van der Waals surface area contributed by atoms with E-state index in [-0.39, 0.29) is 10.7 Å². The van der Waals surface area contributed by atoms with Crippen molar-refractivity contribution in [2.45, 2.75) is 11.1 Å². The van der Waals surface area contributed by atoms with E-state index in [0.717, 1.165) is 36.4 Å². The molecule has 0 atom stereocenters. The summed E-state index contributed by atoms with van der Waals surface area (Å²) < 4.78 is 76.0. The standard InChI is InChI=1S/C14H9F3N2O2S.C7H4ClF3/c15-8-2-1-3-9(16)12(8)13(20)19-14(21)18-11-5-4-7(22)6-10(11)17;8-6-3-1-2-5(4-6)7(9,10)11/h1-6,22H,(H2,18,19,20,21);1-4H. The van der Waals surface area contributed by atoms with Gasteiger partial charge in [0, 0.05) is 9.92 Å². The minimum Gasteiger partial charge on any atom is -0.305 e. The Morgan fingerprint density at radius 2 is 1.45 bits per heavy atom. The van der Waals surface area contributed by atoms with E-state index in [1.54, 1.807) is 5.32 Å². The first kappa shape index (κ1) is 26.1. The maximum Gasteiger partial charge on any atom is 0.416 e. The SMILES string of the molecule is FC(F)(F)c1cccc(Cl)c1.O=C(NC(=O)c1c(F)cccc1F)Nc1ccc(S)cc1F. The van der Waals surface area contributed by atoms with Crippen molar-refractivity contribution in [1.82, 2.24) is 5.32 Å². The highest BCUT2D eigenvalue weighted by Gasteiger charge is 2.30. The highest BCUT2D eigenvalue weighted by atomic mass is 35.5. The molecule has 0 aromatic heterocycles. The van der Waals surface area contributed by atoms with E-state index in [2.05, 4.69) is 17.9 Å². The van der Waals surface area contributed by atoms with E-state index in [1.165, 1.54) is 24.3 Å². The van der Waals surface area contributed by atoms with Crippen LogP contribution in [0.1, 0.15) is 15.9 Å². The number of alkyl halides is 3. The Balaban J connectivity index is 0.000000294. The van der Waals surface area contributed by atoms with Gasteiger partial charge in [-0.25, -0.2) is 18.0 Å². The zero-order chi connectivity index (χ0) is 24.8. The Bertz CT molecular complexity index is 1150. The van der Waals surface area contributed by atoms with Crippen LogP contribution in [0.2, 0.25) is 5.02 Å². The number of imide groups is 1. The van der Waals surface area contributed by atoms with Gasteiger partial charge < -0.3 is 5.32 Å². The average Bonchev–Trinajstić information content (AvgIpc) is 2.70. The molecule has 0 fully saturated rings. The van der Waals surface area contributed by atoms with Crippen LogP contribution in [0.3, 0.4) is 0 Å². The van der Waals surface area contributed by atoms with Crippen molar-refractivity contribution >= 4 is 41.9 Å². The summed E-state index contributed by atoms with van der Waals surface area (Å²) in [5, 5.41) is 3.86. The minimum atomic E-state index is -4.30. The fourth-order valence-corrected chi connectivity index (χ4v) is 2.68. The highest BCUT2D eigenvalue weighted by molar-refractivity contribution is 7.80. The Morgan fingerprint density at radius 1 is 0.848 bits per heavy atom. The lowest BCUT2D eigenvalue weighted by Gasteiger charge is -2.09. The third-order valence-corrected chi connectivity index (χ3v) is 4.28. The monoisotopic (exact) mass is 506 g/mol. The lowest BCUT2D eigenvalue weighted by Crippen LogP contribution is -2.35. The third kappa shape index (κ3) is 7.72. The second-order valence-corrected chi connectivity index (χ2v) is 7.13. The Morgan fingerprint density at radius 3 is 1.97 bits per heavy atom. The van der Waals surface area contributed by atoms with Crippen LogP contribution < -0.4 is 10.6 Å². The molecule has 3 amide bonds. The molecule has 12 heteroatoms. The molecule has 2 N–H and O–H groups in total. The number of amides is 3. The zero-order valence-electron chi connectivity index (χ0n) is 16.2. The Labute approximate surface area is 194 Å². The van der Waals surface area contributed by atoms with Gasteiger partial charge in [0.05, 0.1) is 11.3 Å². The Kier molecular flexibility index (Phi) is 8.77. The molecule has 0 aliphatic heterocycles. The molecule has 0 spiro atoms. The third-order valence-electron chi connectivity index (χ3n) is 3.77. The number of hydrogen-bond acceptors (Lipinski definition) is 3. The molecule has 0 bridgehead atoms. The van der Waals surface area contributed by atoms with Gasteiger partial charge in [0.1, 0.15) is 23.0 Å². The number of urea groups is 1. The molecule has 0 radical (unpaired) electrons. The van der Waals surface area contributed by atoms with E-state index >= 15 is 0 Å². The fourth-order valence-electron chi connectivity index (χ4n) is 2.30. The van der Waals surface area contributed by atoms with Gasteiger partial charge in [-0.1, -0.05) is 23.7 Å². The molecule has 3 aromatic rings. The number of benzene rings is 3. The number of thiol groups is 1. The lowest BCUT2D eigenvalue weighted by molar-refractivity contribution is -0.137. The van der Waals surface area contributed by atoms with Gasteiger partial charge in [0.25, 0.3) is 5.91 Å². The van der Waals surface area contributed by atoms with E-state index in [4.69, 9.17) is 11.6 Å². The minimum absolute atomic E-state index is 0.0971. The van der Waals surface area contributed by atoms with Crippen LogP contribution in [-0.2, 0) is 6.18 Å². The molecular formula is C21H13ClF6N2O2S. The summed E-state index contributed by atoms with van der Waals surface area (Å²) in [5.41, 5.74) is -1.83. The number of halogens is 7. The highest BCUT2D eigenvalue weighted by Crippen LogP contribution is 2.30. The maximum atomic E-state index is 13.5. The molecular weight excluding hydrogens is 494 g/mol. The van der Waals surface area contributed by atoms with Crippen molar-refractivity contribution in [1.29, 1.82) is 0 Å². The van der Waals surface area contributed by atoms with Gasteiger partial charge in [-0.05, 0) is 48.5 Å². The van der Waals surface area contributed by atoms with Crippen LogP contribution in [-0.4, -0.2) is 11.9 Å². The number of nitrogens with one attached hydrogen (secondary N) is 2. The maximum absolute atomic E-state index is 13.5. The van der Waals surface area contributed by atoms with Crippen molar-refractivity contribution in [3.05, 3.63) is 94.3 Å². The summed E-state index contributed by atoms with van der Waals surface area (Å²) in [6, 6.07) is 9.94. The smallest absolute Gasteiger partial charge is 0.305 e. The molecule has 0 heterocycles. The van der Waals surface area contributed by atoms with Crippen LogP contribution in [0.4, 0.5) is 36.8 Å². The summed E-state index contributed by atoms with van der Waals surface area (Å²) in [5.74, 6) is -4.28. The van der Waals surface area contributed by atoms with Crippen LogP contribution in [0, 0.1) is 17.5 Å². The van der Waals surface area contributed by atoms with E-state index in [1.807, 2.05) is 0 Å². The number of rotatable bonds is 2. The van der Waals surface area contributed by atoms with Gasteiger partial charge in [-0.3, -0.25) is 10.1 Å². The van der Waals surface area contributed by atoms with Crippen LogP contribution in [0.5, 0.6) is 0 Å². The number of carbonyl (C=O) groups is 2. The predicted octanol–water partition coefficient (Wildman–Crippen LogP) is 6.71. The van der Waals surface area contributed by atoms with Gasteiger partial charge in [0.2, 0.25) is 0 Å². The predicted molar refractivity (Wildman–Crippen MR) is 113 cm³/mol. The first-order valence-electron chi connectivity index (χ1n) is 8.76. The fraction of sp³-hybridized carbons (Fsp3) is 0.0476. The molecule has 0 saturated carbocycles. The summed E-state index contributed by atoms with van der Waals surface area (Å²) in [4.78, 5) is 23.6. The van der Waals surface area contributed by atoms with Gasteiger partial charge >= 0.3 is 12.2 Å². The average molecular weight is 507 g/mol.